The van der Waals surface area contributed by atoms with E-state index in [4.69, 9.17) is 4.98 Å². The topological polar surface area (TPSA) is 59.0 Å². The molecule has 1 aromatic heterocycles. The second kappa shape index (κ2) is 7.95. The van der Waals surface area contributed by atoms with E-state index in [1.807, 2.05) is 25.1 Å². The smallest absolute Gasteiger partial charge is 0.227 e. The number of aryl methyl sites for hydroxylation is 1. The van der Waals surface area contributed by atoms with Gasteiger partial charge in [0.2, 0.25) is 5.91 Å². The highest BCUT2D eigenvalue weighted by Gasteiger charge is 2.22. The Morgan fingerprint density at radius 2 is 1.97 bits per heavy atom. The number of imidazole rings is 1. The van der Waals surface area contributed by atoms with E-state index in [1.54, 1.807) is 6.07 Å². The second-order valence-electron chi connectivity index (χ2n) is 8.08. The van der Waals surface area contributed by atoms with Gasteiger partial charge in [-0.25, -0.2) is 9.37 Å². The Labute approximate surface area is 170 Å². The molecule has 2 N–H and O–H groups in total. The van der Waals surface area contributed by atoms with Crippen LogP contribution in [0.3, 0.4) is 0 Å². The second-order valence-corrected chi connectivity index (χ2v) is 8.08. The SMILES string of the molecule is Cc1cc(-c2nc3cc(F)ccc3n2C(C)C)ccc1NC(=O)C1CCNCC1. The minimum Gasteiger partial charge on any atom is -0.326 e. The number of hydrogen-bond donors (Lipinski definition) is 2. The van der Waals surface area contributed by atoms with E-state index in [0.717, 1.165) is 54.1 Å². The van der Waals surface area contributed by atoms with Crippen LogP contribution < -0.4 is 10.6 Å². The minimum absolute atomic E-state index is 0.0651. The molecule has 0 aliphatic carbocycles. The fraction of sp³-hybridized carbons (Fsp3) is 0.391. The molecule has 6 heteroatoms. The lowest BCUT2D eigenvalue weighted by molar-refractivity contribution is -0.120. The van der Waals surface area contributed by atoms with Gasteiger partial charge in [0.25, 0.3) is 0 Å². The van der Waals surface area contributed by atoms with Crippen molar-refractivity contribution < 1.29 is 9.18 Å². The Morgan fingerprint density at radius 3 is 2.66 bits per heavy atom. The predicted molar refractivity (Wildman–Crippen MR) is 114 cm³/mol. The molecule has 152 valence electrons. The summed E-state index contributed by atoms with van der Waals surface area (Å²) < 4.78 is 15.8. The van der Waals surface area contributed by atoms with E-state index < -0.39 is 0 Å². The predicted octanol–water partition coefficient (Wildman–Crippen LogP) is 4.67. The average molecular weight is 394 g/mol. The molecular formula is C23H27FN4O. The number of rotatable bonds is 4. The molecule has 4 rings (SSSR count). The molecule has 0 unspecified atom stereocenters. The Hall–Kier alpha value is -2.73. The van der Waals surface area contributed by atoms with Gasteiger partial charge >= 0.3 is 0 Å². The molecule has 2 aromatic carbocycles. The third-order valence-corrected chi connectivity index (χ3v) is 5.62. The fourth-order valence-corrected chi connectivity index (χ4v) is 4.06. The van der Waals surface area contributed by atoms with Gasteiger partial charge in [-0.05, 0) is 82.6 Å². The van der Waals surface area contributed by atoms with Crippen molar-refractivity contribution in [3.8, 4) is 11.4 Å². The highest BCUT2D eigenvalue weighted by molar-refractivity contribution is 5.93. The lowest BCUT2D eigenvalue weighted by atomic mass is 9.97. The van der Waals surface area contributed by atoms with E-state index in [-0.39, 0.29) is 23.7 Å². The van der Waals surface area contributed by atoms with Crippen molar-refractivity contribution in [3.63, 3.8) is 0 Å². The molecule has 0 bridgehead atoms. The number of fused-ring (bicyclic) bond motifs is 1. The van der Waals surface area contributed by atoms with Crippen LogP contribution in [-0.2, 0) is 4.79 Å². The zero-order valence-corrected chi connectivity index (χ0v) is 17.1. The van der Waals surface area contributed by atoms with Crippen molar-refractivity contribution in [3.05, 3.63) is 47.8 Å². The van der Waals surface area contributed by atoms with Crippen LogP contribution in [0, 0.1) is 18.7 Å². The van der Waals surface area contributed by atoms with Gasteiger partial charge in [0.1, 0.15) is 11.6 Å². The van der Waals surface area contributed by atoms with Gasteiger partial charge in [-0.2, -0.15) is 0 Å². The summed E-state index contributed by atoms with van der Waals surface area (Å²) in [4.78, 5) is 17.3. The molecule has 0 atom stereocenters. The lowest BCUT2D eigenvalue weighted by Gasteiger charge is -2.22. The molecule has 1 aliphatic heterocycles. The van der Waals surface area contributed by atoms with Crippen LogP contribution in [0.1, 0.15) is 38.3 Å². The van der Waals surface area contributed by atoms with Gasteiger partial charge in [0.05, 0.1) is 11.0 Å². The van der Waals surface area contributed by atoms with Crippen LogP contribution in [0.25, 0.3) is 22.4 Å². The number of carbonyl (C=O) groups is 1. The normalized spacial score (nSPS) is 15.2. The van der Waals surface area contributed by atoms with Gasteiger partial charge in [-0.3, -0.25) is 4.79 Å². The first-order valence-corrected chi connectivity index (χ1v) is 10.2. The maximum Gasteiger partial charge on any atom is 0.227 e. The quantitative estimate of drug-likeness (QED) is 0.676. The van der Waals surface area contributed by atoms with E-state index in [0.29, 0.717) is 5.52 Å². The van der Waals surface area contributed by atoms with Gasteiger partial charge in [0, 0.05) is 29.3 Å². The third-order valence-electron chi connectivity index (χ3n) is 5.62. The maximum absolute atomic E-state index is 13.7. The zero-order chi connectivity index (χ0) is 20.5. The van der Waals surface area contributed by atoms with Crippen molar-refractivity contribution in [2.75, 3.05) is 18.4 Å². The van der Waals surface area contributed by atoms with Crippen LogP contribution in [0.4, 0.5) is 10.1 Å². The molecule has 1 fully saturated rings. The summed E-state index contributed by atoms with van der Waals surface area (Å²) in [6.45, 7) is 7.95. The van der Waals surface area contributed by atoms with Crippen LogP contribution in [-0.4, -0.2) is 28.5 Å². The molecule has 1 saturated heterocycles. The third kappa shape index (κ3) is 3.90. The molecule has 0 saturated carbocycles. The lowest BCUT2D eigenvalue weighted by Crippen LogP contribution is -2.34. The number of benzene rings is 2. The van der Waals surface area contributed by atoms with Gasteiger partial charge < -0.3 is 15.2 Å². The maximum atomic E-state index is 13.7. The number of carbonyl (C=O) groups excluding carboxylic acids is 1. The number of nitrogens with one attached hydrogen (secondary N) is 2. The summed E-state index contributed by atoms with van der Waals surface area (Å²) in [5, 5.41) is 6.37. The van der Waals surface area contributed by atoms with E-state index >= 15 is 0 Å². The molecule has 5 nitrogen and oxygen atoms in total. The summed E-state index contributed by atoms with van der Waals surface area (Å²) in [6, 6.07) is 10.8. The fourth-order valence-electron chi connectivity index (χ4n) is 4.06. The molecule has 1 amide bonds. The molecule has 2 heterocycles. The van der Waals surface area contributed by atoms with Crippen LogP contribution in [0.2, 0.25) is 0 Å². The number of halogens is 1. The highest BCUT2D eigenvalue weighted by Crippen LogP contribution is 2.31. The summed E-state index contributed by atoms with van der Waals surface area (Å²) in [5.41, 5.74) is 4.33. The van der Waals surface area contributed by atoms with E-state index in [9.17, 15) is 9.18 Å². The monoisotopic (exact) mass is 394 g/mol. The Balaban J connectivity index is 1.65. The largest absolute Gasteiger partial charge is 0.326 e. The molecule has 0 spiro atoms. The summed E-state index contributed by atoms with van der Waals surface area (Å²) in [5.74, 6) is 0.673. The number of anilines is 1. The highest BCUT2D eigenvalue weighted by atomic mass is 19.1. The van der Waals surface area contributed by atoms with Gasteiger partial charge in [-0.1, -0.05) is 0 Å². The number of piperidine rings is 1. The molecule has 0 radical (unpaired) electrons. The first-order valence-electron chi connectivity index (χ1n) is 10.2. The Bertz CT molecular complexity index is 1050. The summed E-state index contributed by atoms with van der Waals surface area (Å²) >= 11 is 0. The van der Waals surface area contributed by atoms with Crippen LogP contribution in [0.5, 0.6) is 0 Å². The van der Waals surface area contributed by atoms with Crippen molar-refractivity contribution in [2.45, 2.75) is 39.7 Å². The summed E-state index contributed by atoms with van der Waals surface area (Å²) in [7, 11) is 0. The molecule has 3 aromatic rings. The van der Waals surface area contributed by atoms with Gasteiger partial charge in [-0.15, -0.1) is 0 Å². The van der Waals surface area contributed by atoms with E-state index in [2.05, 4.69) is 29.0 Å². The van der Waals surface area contributed by atoms with Gasteiger partial charge in [0.15, 0.2) is 0 Å². The Kier molecular flexibility index (Phi) is 5.37. The van der Waals surface area contributed by atoms with Crippen LogP contribution >= 0.6 is 0 Å². The number of nitrogens with zero attached hydrogens (tertiary/aromatic N) is 2. The van der Waals surface area contributed by atoms with E-state index in [1.165, 1.54) is 12.1 Å². The Morgan fingerprint density at radius 1 is 1.21 bits per heavy atom. The van der Waals surface area contributed by atoms with Crippen molar-refractivity contribution in [1.29, 1.82) is 0 Å². The minimum atomic E-state index is -0.287. The zero-order valence-electron chi connectivity index (χ0n) is 17.1. The molecule has 1 aliphatic rings. The standard InChI is InChI=1S/C23H27FN4O/c1-14(2)28-21-7-5-18(24)13-20(21)26-22(28)17-4-6-19(15(3)12-17)27-23(29)16-8-10-25-11-9-16/h4-7,12-14,16,25H,8-11H2,1-3H3,(H,27,29). The number of amides is 1. The van der Waals surface area contributed by atoms with Crippen molar-refractivity contribution >= 4 is 22.6 Å². The first kappa shape index (κ1) is 19.6. The number of aromatic nitrogens is 2. The molecular weight excluding hydrogens is 367 g/mol. The number of hydrogen-bond acceptors (Lipinski definition) is 3. The van der Waals surface area contributed by atoms with Crippen molar-refractivity contribution in [1.82, 2.24) is 14.9 Å². The summed E-state index contributed by atoms with van der Waals surface area (Å²) in [6.07, 6.45) is 1.75. The van der Waals surface area contributed by atoms with Crippen molar-refractivity contribution in [2.24, 2.45) is 5.92 Å². The first-order chi connectivity index (χ1) is 13.9. The average Bonchev–Trinajstić information content (AvgIpc) is 3.09. The molecule has 29 heavy (non-hydrogen) atoms. The van der Waals surface area contributed by atoms with Crippen LogP contribution in [0.15, 0.2) is 36.4 Å².